The molecule has 0 fully saturated rings. The van der Waals surface area contributed by atoms with Gasteiger partial charge in [-0.05, 0) is 16.5 Å². The SMILES string of the molecule is Cn1nnnc1SCCNCc1ccoc1. The van der Waals surface area contributed by atoms with Crippen LogP contribution in [0.5, 0.6) is 0 Å². The molecule has 2 heterocycles. The molecule has 2 aromatic rings. The lowest BCUT2D eigenvalue weighted by Crippen LogP contribution is -2.16. The van der Waals surface area contributed by atoms with Crippen LogP contribution in [0, 0.1) is 0 Å². The Morgan fingerprint density at radius 2 is 2.50 bits per heavy atom. The third-order valence-electron chi connectivity index (χ3n) is 2.00. The monoisotopic (exact) mass is 239 g/mol. The van der Waals surface area contributed by atoms with Crippen molar-refractivity contribution in [2.24, 2.45) is 7.05 Å². The molecular formula is C9H13N5OS. The summed E-state index contributed by atoms with van der Waals surface area (Å²) in [6.07, 6.45) is 3.42. The van der Waals surface area contributed by atoms with Gasteiger partial charge in [-0.3, -0.25) is 0 Å². The van der Waals surface area contributed by atoms with Gasteiger partial charge in [0.15, 0.2) is 0 Å². The summed E-state index contributed by atoms with van der Waals surface area (Å²) in [6, 6.07) is 1.95. The quantitative estimate of drug-likeness (QED) is 0.590. The van der Waals surface area contributed by atoms with Crippen molar-refractivity contribution in [1.29, 1.82) is 0 Å². The highest BCUT2D eigenvalue weighted by Crippen LogP contribution is 2.10. The highest BCUT2D eigenvalue weighted by molar-refractivity contribution is 7.99. The minimum absolute atomic E-state index is 0.828. The summed E-state index contributed by atoms with van der Waals surface area (Å²) < 4.78 is 6.64. The van der Waals surface area contributed by atoms with Crippen molar-refractivity contribution in [1.82, 2.24) is 25.5 Å². The fourth-order valence-electron chi connectivity index (χ4n) is 1.18. The molecular weight excluding hydrogens is 226 g/mol. The van der Waals surface area contributed by atoms with Crippen LogP contribution in [0.25, 0.3) is 0 Å². The van der Waals surface area contributed by atoms with E-state index in [1.165, 1.54) is 0 Å². The van der Waals surface area contributed by atoms with Crippen molar-refractivity contribution < 1.29 is 4.42 Å². The second-order valence-corrected chi connectivity index (χ2v) is 4.30. The third-order valence-corrected chi connectivity index (χ3v) is 3.01. The molecule has 16 heavy (non-hydrogen) atoms. The number of thioether (sulfide) groups is 1. The second kappa shape index (κ2) is 5.66. The number of aromatic nitrogens is 4. The van der Waals surface area contributed by atoms with Crippen molar-refractivity contribution in [2.45, 2.75) is 11.7 Å². The van der Waals surface area contributed by atoms with Gasteiger partial charge >= 0.3 is 0 Å². The van der Waals surface area contributed by atoms with Crippen LogP contribution in [0.1, 0.15) is 5.56 Å². The number of hydrogen-bond donors (Lipinski definition) is 1. The lowest BCUT2D eigenvalue weighted by Gasteiger charge is -2.01. The summed E-state index contributed by atoms with van der Waals surface area (Å²) >= 11 is 1.63. The molecule has 6 nitrogen and oxygen atoms in total. The zero-order chi connectivity index (χ0) is 11.2. The Morgan fingerprint density at radius 1 is 1.56 bits per heavy atom. The van der Waals surface area contributed by atoms with Crippen LogP contribution in [-0.4, -0.2) is 32.5 Å². The Labute approximate surface area is 97.4 Å². The minimum atomic E-state index is 0.828. The molecule has 0 saturated carbocycles. The van der Waals surface area contributed by atoms with Gasteiger partial charge in [0.25, 0.3) is 0 Å². The van der Waals surface area contributed by atoms with E-state index in [-0.39, 0.29) is 0 Å². The van der Waals surface area contributed by atoms with Crippen LogP contribution in [-0.2, 0) is 13.6 Å². The van der Waals surface area contributed by atoms with Crippen LogP contribution in [0.4, 0.5) is 0 Å². The van der Waals surface area contributed by atoms with Crippen molar-refractivity contribution >= 4 is 11.8 Å². The molecule has 0 aliphatic rings. The zero-order valence-corrected chi connectivity index (χ0v) is 9.78. The summed E-state index contributed by atoms with van der Waals surface area (Å²) in [4.78, 5) is 0. The summed E-state index contributed by atoms with van der Waals surface area (Å²) in [6.45, 7) is 1.73. The van der Waals surface area contributed by atoms with Crippen LogP contribution in [0.3, 0.4) is 0 Å². The molecule has 0 unspecified atom stereocenters. The van der Waals surface area contributed by atoms with Gasteiger partial charge in [-0.1, -0.05) is 11.8 Å². The van der Waals surface area contributed by atoms with Crippen molar-refractivity contribution in [3.63, 3.8) is 0 Å². The summed E-state index contributed by atoms with van der Waals surface area (Å²) in [5.41, 5.74) is 1.16. The first-order chi connectivity index (χ1) is 7.86. The molecule has 0 aromatic carbocycles. The lowest BCUT2D eigenvalue weighted by atomic mass is 10.3. The summed E-state index contributed by atoms with van der Waals surface area (Å²) in [5, 5.41) is 15.4. The molecule has 2 aromatic heterocycles. The van der Waals surface area contributed by atoms with E-state index in [1.54, 1.807) is 29.0 Å². The van der Waals surface area contributed by atoms with Crippen LogP contribution >= 0.6 is 11.8 Å². The Kier molecular flexibility index (Phi) is 3.95. The van der Waals surface area contributed by atoms with Crippen LogP contribution in [0.15, 0.2) is 28.2 Å². The van der Waals surface area contributed by atoms with Crippen molar-refractivity contribution in [3.8, 4) is 0 Å². The number of hydrogen-bond acceptors (Lipinski definition) is 6. The lowest BCUT2D eigenvalue weighted by molar-refractivity contribution is 0.561. The molecule has 1 N–H and O–H groups in total. The molecule has 0 aliphatic heterocycles. The normalized spacial score (nSPS) is 10.8. The van der Waals surface area contributed by atoms with E-state index in [1.807, 2.05) is 13.1 Å². The largest absolute Gasteiger partial charge is 0.472 e. The van der Waals surface area contributed by atoms with E-state index in [2.05, 4.69) is 20.8 Å². The van der Waals surface area contributed by atoms with E-state index >= 15 is 0 Å². The highest BCUT2D eigenvalue weighted by atomic mass is 32.2. The van der Waals surface area contributed by atoms with Gasteiger partial charge in [0, 0.05) is 31.5 Å². The van der Waals surface area contributed by atoms with Gasteiger partial charge in [-0.25, -0.2) is 4.68 Å². The van der Waals surface area contributed by atoms with Gasteiger partial charge in [0.05, 0.1) is 12.5 Å². The number of nitrogens with one attached hydrogen (secondary N) is 1. The van der Waals surface area contributed by atoms with E-state index in [0.29, 0.717) is 0 Å². The smallest absolute Gasteiger partial charge is 0.209 e. The molecule has 0 spiro atoms. The molecule has 0 atom stereocenters. The Morgan fingerprint density at radius 3 is 3.19 bits per heavy atom. The standard InChI is InChI=1S/C9H13N5OS/c1-14-9(11-12-13-14)16-5-3-10-6-8-2-4-15-7-8/h2,4,7,10H,3,5-6H2,1H3. The summed E-state index contributed by atoms with van der Waals surface area (Å²) in [7, 11) is 1.83. The van der Waals surface area contributed by atoms with Gasteiger partial charge in [-0.2, -0.15) is 0 Å². The number of rotatable bonds is 6. The number of tetrazole rings is 1. The van der Waals surface area contributed by atoms with E-state index in [4.69, 9.17) is 4.42 Å². The molecule has 0 bridgehead atoms. The third kappa shape index (κ3) is 3.07. The average Bonchev–Trinajstić information content (AvgIpc) is 2.90. The average molecular weight is 239 g/mol. The fourth-order valence-corrected chi connectivity index (χ4v) is 1.93. The maximum Gasteiger partial charge on any atom is 0.209 e. The van der Waals surface area contributed by atoms with E-state index in [9.17, 15) is 0 Å². The van der Waals surface area contributed by atoms with Gasteiger partial charge in [0.2, 0.25) is 5.16 Å². The molecule has 0 aliphatic carbocycles. The Balaban J connectivity index is 1.61. The Bertz CT molecular complexity index is 413. The first-order valence-electron chi connectivity index (χ1n) is 4.93. The predicted octanol–water partition coefficient (Wildman–Crippen LogP) is 0.685. The minimum Gasteiger partial charge on any atom is -0.472 e. The van der Waals surface area contributed by atoms with E-state index in [0.717, 1.165) is 29.6 Å². The van der Waals surface area contributed by atoms with E-state index < -0.39 is 0 Å². The number of aryl methyl sites for hydroxylation is 1. The summed E-state index contributed by atoms with van der Waals surface area (Å²) in [5.74, 6) is 0.937. The Hall–Kier alpha value is -1.34. The maximum atomic E-state index is 4.97. The first kappa shape index (κ1) is 11.2. The molecule has 0 saturated heterocycles. The number of nitrogens with zero attached hydrogens (tertiary/aromatic N) is 4. The highest BCUT2D eigenvalue weighted by Gasteiger charge is 2.01. The molecule has 2 rings (SSSR count). The maximum absolute atomic E-state index is 4.97. The van der Waals surface area contributed by atoms with Crippen LogP contribution < -0.4 is 5.32 Å². The van der Waals surface area contributed by atoms with Gasteiger partial charge in [0.1, 0.15) is 0 Å². The van der Waals surface area contributed by atoms with Crippen LogP contribution in [0.2, 0.25) is 0 Å². The topological polar surface area (TPSA) is 68.8 Å². The number of furan rings is 1. The second-order valence-electron chi connectivity index (χ2n) is 3.24. The molecule has 86 valence electrons. The van der Waals surface area contributed by atoms with Gasteiger partial charge < -0.3 is 9.73 Å². The molecule has 0 amide bonds. The predicted molar refractivity (Wildman–Crippen MR) is 59.9 cm³/mol. The molecule has 7 heteroatoms. The fraction of sp³-hybridized carbons (Fsp3) is 0.444. The molecule has 0 radical (unpaired) electrons. The first-order valence-corrected chi connectivity index (χ1v) is 5.92. The van der Waals surface area contributed by atoms with Crippen molar-refractivity contribution in [3.05, 3.63) is 24.2 Å². The zero-order valence-electron chi connectivity index (χ0n) is 8.96. The van der Waals surface area contributed by atoms with Crippen molar-refractivity contribution in [2.75, 3.05) is 12.3 Å². The van der Waals surface area contributed by atoms with Gasteiger partial charge in [-0.15, -0.1) is 5.10 Å².